The van der Waals surface area contributed by atoms with Gasteiger partial charge in [-0.3, -0.25) is 4.68 Å². The summed E-state index contributed by atoms with van der Waals surface area (Å²) in [6, 6.07) is 8.17. The third kappa shape index (κ3) is 2.72. The number of nitrogens with one attached hydrogen (secondary N) is 1. The molecule has 0 atom stereocenters. The minimum Gasteiger partial charge on any atom is -0.461 e. The first kappa shape index (κ1) is 12.9. The Morgan fingerprint density at radius 2 is 2.20 bits per heavy atom. The molecule has 104 valence electrons. The van der Waals surface area contributed by atoms with E-state index in [0.717, 1.165) is 37.4 Å². The van der Waals surface area contributed by atoms with E-state index in [-0.39, 0.29) is 0 Å². The van der Waals surface area contributed by atoms with Gasteiger partial charge in [0.1, 0.15) is 11.3 Å². The monoisotopic (exact) mass is 270 g/mol. The second kappa shape index (κ2) is 5.88. The molecule has 0 unspecified atom stereocenters. The third-order valence-corrected chi connectivity index (χ3v) is 3.41. The van der Waals surface area contributed by atoms with E-state index in [9.17, 15) is 0 Å². The summed E-state index contributed by atoms with van der Waals surface area (Å²) in [5, 5.41) is 12.4. The summed E-state index contributed by atoms with van der Waals surface area (Å²) in [6.07, 6.45) is 4.61. The fourth-order valence-corrected chi connectivity index (χ4v) is 2.37. The maximum atomic E-state index is 5.75. The topological polar surface area (TPSA) is 55.9 Å². The number of furan rings is 1. The molecule has 5 nitrogen and oxygen atoms in total. The van der Waals surface area contributed by atoms with Crippen molar-refractivity contribution in [2.45, 2.75) is 26.4 Å². The zero-order chi connectivity index (χ0) is 13.8. The number of benzene rings is 1. The number of fused-ring (bicyclic) bond motifs is 1. The van der Waals surface area contributed by atoms with Crippen LogP contribution in [0.1, 0.15) is 17.7 Å². The molecule has 20 heavy (non-hydrogen) atoms. The smallest absolute Gasteiger partial charge is 0.134 e. The standard InChI is InChI=1S/C15H18N4O/c1-12-14(13-5-2-3-6-15(13)20-12)11-16-7-4-9-19-10-8-17-18-19/h2-3,5-6,8,10,16H,4,7,9,11H2,1H3. The molecule has 0 saturated heterocycles. The van der Waals surface area contributed by atoms with Crippen LogP contribution in [0.5, 0.6) is 0 Å². The summed E-state index contributed by atoms with van der Waals surface area (Å²) >= 11 is 0. The van der Waals surface area contributed by atoms with Gasteiger partial charge in [0.05, 0.1) is 6.20 Å². The number of nitrogens with zero attached hydrogens (tertiary/aromatic N) is 3. The Kier molecular flexibility index (Phi) is 3.78. The van der Waals surface area contributed by atoms with Crippen LogP contribution in [-0.2, 0) is 13.1 Å². The van der Waals surface area contributed by atoms with Gasteiger partial charge in [-0.05, 0) is 26.0 Å². The first-order chi connectivity index (χ1) is 9.84. The van der Waals surface area contributed by atoms with E-state index in [1.165, 1.54) is 10.9 Å². The van der Waals surface area contributed by atoms with E-state index in [1.54, 1.807) is 6.20 Å². The van der Waals surface area contributed by atoms with Crippen molar-refractivity contribution in [1.82, 2.24) is 20.3 Å². The molecule has 2 aromatic heterocycles. The van der Waals surface area contributed by atoms with Crippen molar-refractivity contribution in [3.05, 3.63) is 48.0 Å². The lowest BCUT2D eigenvalue weighted by Crippen LogP contribution is -2.17. The van der Waals surface area contributed by atoms with Crippen LogP contribution in [0.15, 0.2) is 41.1 Å². The lowest BCUT2D eigenvalue weighted by molar-refractivity contribution is 0.525. The van der Waals surface area contributed by atoms with Gasteiger partial charge in [-0.2, -0.15) is 0 Å². The fourth-order valence-electron chi connectivity index (χ4n) is 2.37. The third-order valence-electron chi connectivity index (χ3n) is 3.41. The molecule has 1 N–H and O–H groups in total. The largest absolute Gasteiger partial charge is 0.461 e. The molecule has 3 aromatic rings. The molecule has 3 rings (SSSR count). The summed E-state index contributed by atoms with van der Waals surface area (Å²) in [6.45, 7) is 4.68. The van der Waals surface area contributed by atoms with Crippen molar-refractivity contribution in [1.29, 1.82) is 0 Å². The maximum absolute atomic E-state index is 5.75. The highest BCUT2D eigenvalue weighted by Crippen LogP contribution is 2.24. The average Bonchev–Trinajstić information content (AvgIpc) is 3.06. The minimum atomic E-state index is 0.834. The summed E-state index contributed by atoms with van der Waals surface area (Å²) in [5.74, 6) is 0.995. The maximum Gasteiger partial charge on any atom is 0.134 e. The van der Waals surface area contributed by atoms with Gasteiger partial charge in [-0.25, -0.2) is 0 Å². The molecule has 0 radical (unpaired) electrons. The van der Waals surface area contributed by atoms with Gasteiger partial charge in [0.15, 0.2) is 0 Å². The van der Waals surface area contributed by atoms with Crippen LogP contribution >= 0.6 is 0 Å². The highest BCUT2D eigenvalue weighted by atomic mass is 16.3. The van der Waals surface area contributed by atoms with Crippen LogP contribution in [0.2, 0.25) is 0 Å². The van der Waals surface area contributed by atoms with E-state index in [4.69, 9.17) is 4.42 Å². The highest BCUT2D eigenvalue weighted by molar-refractivity contribution is 5.82. The Balaban J connectivity index is 1.53. The van der Waals surface area contributed by atoms with Gasteiger partial charge in [0, 0.05) is 30.2 Å². The lowest BCUT2D eigenvalue weighted by atomic mass is 10.1. The molecule has 0 amide bonds. The van der Waals surface area contributed by atoms with E-state index >= 15 is 0 Å². The normalized spacial score (nSPS) is 11.2. The van der Waals surface area contributed by atoms with Gasteiger partial charge in [-0.15, -0.1) is 5.10 Å². The Morgan fingerprint density at radius 3 is 3.05 bits per heavy atom. The minimum absolute atomic E-state index is 0.834. The van der Waals surface area contributed by atoms with Gasteiger partial charge < -0.3 is 9.73 Å². The Bertz CT molecular complexity index is 672. The SMILES string of the molecule is Cc1oc2ccccc2c1CNCCCn1ccnn1. The molecular formula is C15H18N4O. The second-order valence-electron chi connectivity index (χ2n) is 4.83. The molecule has 0 bridgehead atoms. The van der Waals surface area contributed by atoms with Crippen molar-refractivity contribution in [2.75, 3.05) is 6.54 Å². The molecule has 0 aliphatic rings. The molecule has 1 aromatic carbocycles. The Hall–Kier alpha value is -2.14. The summed E-state index contributed by atoms with van der Waals surface area (Å²) in [5.41, 5.74) is 2.21. The zero-order valence-corrected chi connectivity index (χ0v) is 11.5. The lowest BCUT2D eigenvalue weighted by Gasteiger charge is -2.04. The van der Waals surface area contributed by atoms with Gasteiger partial charge in [-0.1, -0.05) is 23.4 Å². The predicted octanol–water partition coefficient (Wildman–Crippen LogP) is 2.51. The molecule has 0 aliphatic heterocycles. The number of aryl methyl sites for hydroxylation is 2. The van der Waals surface area contributed by atoms with Gasteiger partial charge in [0.25, 0.3) is 0 Å². The molecular weight excluding hydrogens is 252 g/mol. The van der Waals surface area contributed by atoms with E-state index in [0.29, 0.717) is 0 Å². The number of hydrogen-bond donors (Lipinski definition) is 1. The number of hydrogen-bond acceptors (Lipinski definition) is 4. The predicted molar refractivity (Wildman–Crippen MR) is 77.3 cm³/mol. The van der Waals surface area contributed by atoms with Crippen molar-refractivity contribution in [3.63, 3.8) is 0 Å². The Morgan fingerprint density at radius 1 is 1.30 bits per heavy atom. The first-order valence-electron chi connectivity index (χ1n) is 6.86. The molecule has 0 saturated carbocycles. The molecule has 5 heteroatoms. The number of rotatable bonds is 6. The van der Waals surface area contributed by atoms with Crippen LogP contribution in [0.3, 0.4) is 0 Å². The van der Waals surface area contributed by atoms with Crippen molar-refractivity contribution >= 4 is 11.0 Å². The van der Waals surface area contributed by atoms with Crippen molar-refractivity contribution < 1.29 is 4.42 Å². The van der Waals surface area contributed by atoms with E-state index < -0.39 is 0 Å². The summed E-state index contributed by atoms with van der Waals surface area (Å²) < 4.78 is 7.60. The quantitative estimate of drug-likeness (QED) is 0.699. The van der Waals surface area contributed by atoms with Gasteiger partial charge in [0.2, 0.25) is 0 Å². The van der Waals surface area contributed by atoms with Crippen LogP contribution in [0.25, 0.3) is 11.0 Å². The molecule has 0 spiro atoms. The van der Waals surface area contributed by atoms with E-state index in [1.807, 2.05) is 36.0 Å². The van der Waals surface area contributed by atoms with Gasteiger partial charge >= 0.3 is 0 Å². The number of aromatic nitrogens is 3. The van der Waals surface area contributed by atoms with Crippen LogP contribution in [-0.4, -0.2) is 21.5 Å². The first-order valence-corrected chi connectivity index (χ1v) is 6.86. The molecule has 2 heterocycles. The summed E-state index contributed by atoms with van der Waals surface area (Å²) in [7, 11) is 0. The highest BCUT2D eigenvalue weighted by Gasteiger charge is 2.09. The van der Waals surface area contributed by atoms with E-state index in [2.05, 4.69) is 21.7 Å². The second-order valence-corrected chi connectivity index (χ2v) is 4.83. The summed E-state index contributed by atoms with van der Waals surface area (Å²) in [4.78, 5) is 0. The zero-order valence-electron chi connectivity index (χ0n) is 11.5. The van der Waals surface area contributed by atoms with Crippen LogP contribution in [0, 0.1) is 6.92 Å². The molecule has 0 aliphatic carbocycles. The van der Waals surface area contributed by atoms with Crippen molar-refractivity contribution in [2.24, 2.45) is 0 Å². The number of para-hydroxylation sites is 1. The van der Waals surface area contributed by atoms with Crippen molar-refractivity contribution in [3.8, 4) is 0 Å². The van der Waals surface area contributed by atoms with Crippen LogP contribution in [0.4, 0.5) is 0 Å². The average molecular weight is 270 g/mol. The Labute approximate surface area is 117 Å². The van der Waals surface area contributed by atoms with Crippen LogP contribution < -0.4 is 5.32 Å². The molecule has 0 fully saturated rings. The fraction of sp³-hybridized carbons (Fsp3) is 0.333.